The monoisotopic (exact) mass is 304 g/mol. The van der Waals surface area contributed by atoms with Gasteiger partial charge in [0.2, 0.25) is 0 Å². The average molecular weight is 304 g/mol. The molecule has 0 aliphatic carbocycles. The van der Waals surface area contributed by atoms with Gasteiger partial charge in [-0.2, -0.15) is 5.26 Å². The van der Waals surface area contributed by atoms with Crippen molar-refractivity contribution in [3.63, 3.8) is 0 Å². The zero-order chi connectivity index (χ0) is 14.2. The molecular weight excluding hydrogens is 288 g/mol. The van der Waals surface area contributed by atoms with E-state index in [0.29, 0.717) is 6.61 Å². The van der Waals surface area contributed by atoms with Crippen LogP contribution in [-0.2, 0) is 11.3 Å². The van der Waals surface area contributed by atoms with E-state index in [2.05, 4.69) is 23.5 Å². The van der Waals surface area contributed by atoms with Crippen LogP contribution in [0.3, 0.4) is 0 Å². The van der Waals surface area contributed by atoms with Gasteiger partial charge in [-0.3, -0.25) is 0 Å². The second-order valence-corrected chi connectivity index (χ2v) is 6.44. The van der Waals surface area contributed by atoms with Crippen LogP contribution in [0.25, 0.3) is 0 Å². The van der Waals surface area contributed by atoms with Crippen molar-refractivity contribution in [1.82, 2.24) is 5.32 Å². The second kappa shape index (κ2) is 8.08. The molecule has 0 aliphatic rings. The molecule has 3 nitrogen and oxygen atoms in total. The van der Waals surface area contributed by atoms with Crippen LogP contribution >= 0.6 is 23.1 Å². The van der Waals surface area contributed by atoms with Crippen molar-refractivity contribution < 1.29 is 4.74 Å². The van der Waals surface area contributed by atoms with Crippen LogP contribution in [0.5, 0.6) is 0 Å². The van der Waals surface area contributed by atoms with Crippen molar-refractivity contribution >= 4 is 23.1 Å². The molecule has 104 valence electrons. The van der Waals surface area contributed by atoms with Crippen molar-refractivity contribution in [2.75, 3.05) is 20.3 Å². The highest BCUT2D eigenvalue weighted by molar-refractivity contribution is 8.01. The van der Waals surface area contributed by atoms with Crippen LogP contribution in [0, 0.1) is 11.3 Å². The number of hydrogen-bond acceptors (Lipinski definition) is 5. The predicted octanol–water partition coefficient (Wildman–Crippen LogP) is 3.51. The molecule has 5 heteroatoms. The number of hydrogen-bond donors (Lipinski definition) is 1. The molecule has 20 heavy (non-hydrogen) atoms. The largest absolute Gasteiger partial charge is 0.383 e. The molecule has 0 bridgehead atoms. The number of rotatable bonds is 7. The summed E-state index contributed by atoms with van der Waals surface area (Å²) in [7, 11) is 1.69. The lowest BCUT2D eigenvalue weighted by atomic mass is 10.1. The fourth-order valence-corrected chi connectivity index (χ4v) is 3.49. The van der Waals surface area contributed by atoms with E-state index in [1.54, 1.807) is 30.2 Å². The quantitative estimate of drug-likeness (QED) is 0.795. The Morgan fingerprint density at radius 2 is 2.30 bits per heavy atom. The topological polar surface area (TPSA) is 45.0 Å². The zero-order valence-electron chi connectivity index (χ0n) is 11.3. The van der Waals surface area contributed by atoms with Crippen LogP contribution < -0.4 is 5.32 Å². The van der Waals surface area contributed by atoms with E-state index in [1.807, 2.05) is 23.6 Å². The highest BCUT2D eigenvalue weighted by Crippen LogP contribution is 2.33. The summed E-state index contributed by atoms with van der Waals surface area (Å²) in [6, 6.07) is 12.4. The first-order valence-corrected chi connectivity index (χ1v) is 7.97. The summed E-state index contributed by atoms with van der Waals surface area (Å²) in [5.41, 5.74) is 1.85. The van der Waals surface area contributed by atoms with Crippen LogP contribution in [0.1, 0.15) is 11.1 Å². The summed E-state index contributed by atoms with van der Waals surface area (Å²) in [5.74, 6) is 0. The maximum atomic E-state index is 9.28. The van der Waals surface area contributed by atoms with Gasteiger partial charge < -0.3 is 10.1 Å². The minimum atomic E-state index is 0.692. The van der Waals surface area contributed by atoms with E-state index >= 15 is 0 Å². The van der Waals surface area contributed by atoms with E-state index in [4.69, 9.17) is 4.74 Å². The van der Waals surface area contributed by atoms with E-state index in [9.17, 15) is 5.26 Å². The van der Waals surface area contributed by atoms with Gasteiger partial charge in [-0.25, -0.2) is 0 Å². The third kappa shape index (κ3) is 4.36. The number of methoxy groups -OCH3 is 1. The molecule has 0 saturated carbocycles. The number of ether oxygens (including phenoxy) is 1. The first-order chi connectivity index (χ1) is 9.83. The molecule has 2 rings (SSSR count). The zero-order valence-corrected chi connectivity index (χ0v) is 12.9. The number of thiophene rings is 1. The number of nitrogens with zero attached hydrogens (tertiary/aromatic N) is 1. The molecule has 0 aliphatic heterocycles. The van der Waals surface area contributed by atoms with Crippen molar-refractivity contribution in [1.29, 1.82) is 5.26 Å². The van der Waals surface area contributed by atoms with Gasteiger partial charge in [-0.1, -0.05) is 23.9 Å². The predicted molar refractivity (Wildman–Crippen MR) is 83.2 cm³/mol. The molecule has 0 atom stereocenters. The Labute approximate surface area is 127 Å². The highest BCUT2D eigenvalue weighted by atomic mass is 32.2. The Morgan fingerprint density at radius 3 is 3.00 bits per heavy atom. The van der Waals surface area contributed by atoms with Gasteiger partial charge in [0.15, 0.2) is 0 Å². The summed E-state index contributed by atoms with van der Waals surface area (Å²) in [5, 5.41) is 14.6. The van der Waals surface area contributed by atoms with Crippen LogP contribution in [0.2, 0.25) is 0 Å². The van der Waals surface area contributed by atoms with Gasteiger partial charge in [0.25, 0.3) is 0 Å². The van der Waals surface area contributed by atoms with Crippen LogP contribution in [-0.4, -0.2) is 20.3 Å². The first-order valence-electron chi connectivity index (χ1n) is 6.27. The number of benzene rings is 1. The Hall–Kier alpha value is -1.32. The fraction of sp³-hybridized carbons (Fsp3) is 0.267. The van der Waals surface area contributed by atoms with Gasteiger partial charge in [0.1, 0.15) is 6.07 Å². The highest BCUT2D eigenvalue weighted by Gasteiger charge is 2.06. The van der Waals surface area contributed by atoms with Gasteiger partial charge in [0, 0.05) is 25.1 Å². The number of nitriles is 1. The third-order valence-corrected chi connectivity index (χ3v) is 4.80. The fourth-order valence-electron chi connectivity index (χ4n) is 1.70. The minimum Gasteiger partial charge on any atom is -0.383 e. The summed E-state index contributed by atoms with van der Waals surface area (Å²) in [6.07, 6.45) is 0. The molecular formula is C15H16N2OS2. The van der Waals surface area contributed by atoms with E-state index in [-0.39, 0.29) is 0 Å². The molecule has 0 fully saturated rings. The smallest absolute Gasteiger partial charge is 0.100 e. The molecule has 0 amide bonds. The van der Waals surface area contributed by atoms with Crippen molar-refractivity contribution in [2.24, 2.45) is 0 Å². The van der Waals surface area contributed by atoms with Crippen molar-refractivity contribution in [3.8, 4) is 6.07 Å². The van der Waals surface area contributed by atoms with E-state index < -0.39 is 0 Å². The van der Waals surface area contributed by atoms with E-state index in [0.717, 1.165) is 29.1 Å². The molecule has 1 aromatic carbocycles. The maximum Gasteiger partial charge on any atom is 0.100 e. The third-order valence-electron chi connectivity index (χ3n) is 2.68. The number of nitrogens with one attached hydrogen (secondary N) is 1. The van der Waals surface area contributed by atoms with Gasteiger partial charge in [-0.05, 0) is 29.1 Å². The SMILES string of the molecule is COCCNCc1ccc(Sc2cccs2)c(C#N)c1. The Kier molecular flexibility index (Phi) is 6.09. The summed E-state index contributed by atoms with van der Waals surface area (Å²) in [4.78, 5) is 1.01. The molecule has 1 N–H and O–H groups in total. The van der Waals surface area contributed by atoms with Gasteiger partial charge >= 0.3 is 0 Å². The molecule has 0 unspecified atom stereocenters. The average Bonchev–Trinajstić information content (AvgIpc) is 2.98. The molecule has 2 aromatic rings. The molecule has 0 saturated heterocycles. The lowest BCUT2D eigenvalue weighted by molar-refractivity contribution is 0.199. The second-order valence-electron chi connectivity index (χ2n) is 4.15. The normalized spacial score (nSPS) is 10.4. The van der Waals surface area contributed by atoms with Crippen molar-refractivity contribution in [3.05, 3.63) is 46.8 Å². The summed E-state index contributed by atoms with van der Waals surface area (Å²) in [6.45, 7) is 2.25. The Balaban J connectivity index is 2.02. The minimum absolute atomic E-state index is 0.692. The van der Waals surface area contributed by atoms with Gasteiger partial charge in [0.05, 0.1) is 16.4 Å². The molecule has 0 spiro atoms. The van der Waals surface area contributed by atoms with Crippen LogP contribution in [0.15, 0.2) is 44.8 Å². The summed E-state index contributed by atoms with van der Waals surface area (Å²) >= 11 is 3.33. The first kappa shape index (κ1) is 15.1. The van der Waals surface area contributed by atoms with Crippen LogP contribution in [0.4, 0.5) is 0 Å². The van der Waals surface area contributed by atoms with Crippen molar-refractivity contribution in [2.45, 2.75) is 15.6 Å². The molecule has 1 aromatic heterocycles. The van der Waals surface area contributed by atoms with E-state index in [1.165, 1.54) is 4.21 Å². The Bertz CT molecular complexity index is 576. The Morgan fingerprint density at radius 1 is 1.40 bits per heavy atom. The standard InChI is InChI=1S/C15H16N2OS2/c1-18-7-6-17-11-12-4-5-14(13(9-12)10-16)20-15-3-2-8-19-15/h2-5,8-9,17H,6-7,11H2,1H3. The molecule has 0 radical (unpaired) electrons. The lowest BCUT2D eigenvalue weighted by Crippen LogP contribution is -2.18. The maximum absolute atomic E-state index is 9.28. The summed E-state index contributed by atoms with van der Waals surface area (Å²) < 4.78 is 6.19. The molecule has 1 heterocycles. The van der Waals surface area contributed by atoms with Gasteiger partial charge in [-0.15, -0.1) is 11.3 Å². The lowest BCUT2D eigenvalue weighted by Gasteiger charge is -2.07.